The van der Waals surface area contributed by atoms with Gasteiger partial charge in [-0.05, 0) is 19.3 Å². The molecule has 0 fully saturated rings. The summed E-state index contributed by atoms with van der Waals surface area (Å²) in [5.74, 6) is -4.22. The van der Waals surface area contributed by atoms with Crippen LogP contribution in [0.3, 0.4) is 0 Å². The quantitative estimate of drug-likeness (QED) is 0.172. The number of rotatable bonds is 13. The number of hydrogen-bond donors (Lipinski definition) is 7. The first kappa shape index (κ1) is 26.6. The lowest BCUT2D eigenvalue weighted by Gasteiger charge is -2.24. The van der Waals surface area contributed by atoms with Crippen molar-refractivity contribution in [3.63, 3.8) is 0 Å². The van der Waals surface area contributed by atoms with Crippen molar-refractivity contribution in [1.82, 2.24) is 25.9 Å². The highest BCUT2D eigenvalue weighted by molar-refractivity contribution is 5.94. The Hall–Kier alpha value is -3.48. The fraction of sp³-hybridized carbons (Fsp3) is 0.579. The molecule has 13 heteroatoms. The number of aromatic nitrogens is 2. The summed E-state index contributed by atoms with van der Waals surface area (Å²) in [6.07, 6.45) is 2.81. The summed E-state index contributed by atoms with van der Waals surface area (Å²) in [5.41, 5.74) is 11.4. The summed E-state index contributed by atoms with van der Waals surface area (Å²) in [5, 5.41) is 16.5. The van der Waals surface area contributed by atoms with Gasteiger partial charge in [0.05, 0.1) is 12.4 Å². The number of nitrogens with two attached hydrogens (primary N) is 2. The SMILES string of the molecule is CC(NC(=O)C(Cc1cnc[nH]1)NC(=O)C(N)CCC(N)=O)C(=O)NC(C(=O)O)C(C)C. The van der Waals surface area contributed by atoms with E-state index in [9.17, 15) is 29.1 Å². The minimum absolute atomic E-state index is 0.00412. The van der Waals surface area contributed by atoms with Crippen LogP contribution in [-0.4, -0.2) is 68.8 Å². The Bertz CT molecular complexity index is 811. The molecule has 1 aromatic heterocycles. The van der Waals surface area contributed by atoms with Crippen LogP contribution < -0.4 is 27.4 Å². The van der Waals surface area contributed by atoms with E-state index >= 15 is 0 Å². The molecule has 0 saturated carbocycles. The molecule has 32 heavy (non-hydrogen) atoms. The zero-order chi connectivity index (χ0) is 24.4. The van der Waals surface area contributed by atoms with Crippen LogP contribution in [0.2, 0.25) is 0 Å². The first-order valence-electron chi connectivity index (χ1n) is 10.1. The second-order valence-corrected chi connectivity index (χ2v) is 7.75. The van der Waals surface area contributed by atoms with E-state index in [1.165, 1.54) is 19.4 Å². The van der Waals surface area contributed by atoms with E-state index in [-0.39, 0.29) is 25.2 Å². The van der Waals surface area contributed by atoms with Gasteiger partial charge in [-0.25, -0.2) is 9.78 Å². The fourth-order valence-electron chi connectivity index (χ4n) is 2.70. The number of hydrogen-bond acceptors (Lipinski definition) is 7. The molecule has 0 bridgehead atoms. The Morgan fingerprint density at radius 3 is 2.22 bits per heavy atom. The van der Waals surface area contributed by atoms with Crippen LogP contribution in [0.15, 0.2) is 12.5 Å². The average Bonchev–Trinajstić information content (AvgIpc) is 3.21. The second kappa shape index (κ2) is 12.4. The number of carbonyl (C=O) groups is 5. The molecule has 1 heterocycles. The van der Waals surface area contributed by atoms with Gasteiger partial charge >= 0.3 is 5.97 Å². The van der Waals surface area contributed by atoms with Crippen LogP contribution in [0.1, 0.15) is 39.3 Å². The molecule has 0 aliphatic carbocycles. The molecule has 1 rings (SSSR count). The van der Waals surface area contributed by atoms with E-state index in [0.717, 1.165) is 0 Å². The lowest BCUT2D eigenvalue weighted by molar-refractivity contribution is -0.143. The number of nitrogens with zero attached hydrogens (tertiary/aromatic N) is 1. The maximum absolute atomic E-state index is 12.8. The lowest BCUT2D eigenvalue weighted by atomic mass is 10.0. The first-order chi connectivity index (χ1) is 14.9. The van der Waals surface area contributed by atoms with E-state index in [1.54, 1.807) is 13.8 Å². The number of nitrogens with one attached hydrogen (secondary N) is 4. The minimum Gasteiger partial charge on any atom is -0.480 e. The molecule has 0 radical (unpaired) electrons. The van der Waals surface area contributed by atoms with Gasteiger partial charge in [-0.2, -0.15) is 0 Å². The van der Waals surface area contributed by atoms with E-state index in [1.807, 2.05) is 0 Å². The standard InChI is InChI=1S/C19H31N7O6/c1-9(2)15(19(31)32)26-16(28)10(3)24-18(30)13(6-11-7-22-8-23-11)25-17(29)12(20)4-5-14(21)27/h7-10,12-13,15H,4-6,20H2,1-3H3,(H2,21,27)(H,22,23)(H,24,30)(H,25,29)(H,26,28)(H,31,32). The van der Waals surface area contributed by atoms with Gasteiger partial charge < -0.3 is 37.5 Å². The molecule has 4 atom stereocenters. The third kappa shape index (κ3) is 8.71. The van der Waals surface area contributed by atoms with Gasteiger partial charge in [-0.1, -0.05) is 13.8 Å². The number of aliphatic carboxylic acids is 1. The molecule has 0 aliphatic rings. The second-order valence-electron chi connectivity index (χ2n) is 7.75. The van der Waals surface area contributed by atoms with Crippen LogP contribution in [-0.2, 0) is 30.4 Å². The number of amides is 4. The normalized spacial score (nSPS) is 14.7. The summed E-state index contributed by atoms with van der Waals surface area (Å²) in [4.78, 5) is 66.4. The maximum Gasteiger partial charge on any atom is 0.326 e. The summed E-state index contributed by atoms with van der Waals surface area (Å²) in [6.45, 7) is 4.67. The molecule has 4 unspecified atom stereocenters. The average molecular weight is 454 g/mol. The van der Waals surface area contributed by atoms with Gasteiger partial charge in [-0.15, -0.1) is 0 Å². The highest BCUT2D eigenvalue weighted by Gasteiger charge is 2.29. The topological polar surface area (TPSA) is 222 Å². The van der Waals surface area contributed by atoms with Crippen molar-refractivity contribution in [2.24, 2.45) is 17.4 Å². The lowest BCUT2D eigenvalue weighted by Crippen LogP contribution is -2.57. The smallest absolute Gasteiger partial charge is 0.326 e. The maximum atomic E-state index is 12.8. The number of carboxylic acid groups (broad SMARTS) is 1. The Kier molecular flexibility index (Phi) is 10.3. The fourth-order valence-corrected chi connectivity index (χ4v) is 2.70. The van der Waals surface area contributed by atoms with E-state index in [0.29, 0.717) is 5.69 Å². The van der Waals surface area contributed by atoms with Crippen molar-refractivity contribution in [3.05, 3.63) is 18.2 Å². The minimum atomic E-state index is -1.19. The van der Waals surface area contributed by atoms with Gasteiger partial charge in [0, 0.05) is 24.7 Å². The zero-order valence-electron chi connectivity index (χ0n) is 18.3. The summed E-state index contributed by atoms with van der Waals surface area (Å²) < 4.78 is 0. The molecule has 0 aliphatic heterocycles. The number of primary amides is 1. The van der Waals surface area contributed by atoms with Crippen molar-refractivity contribution >= 4 is 29.6 Å². The van der Waals surface area contributed by atoms with Gasteiger partial charge in [0.2, 0.25) is 23.6 Å². The predicted molar refractivity (Wildman–Crippen MR) is 113 cm³/mol. The number of H-pyrrole nitrogens is 1. The van der Waals surface area contributed by atoms with Crippen LogP contribution in [0, 0.1) is 5.92 Å². The Morgan fingerprint density at radius 2 is 1.72 bits per heavy atom. The molecule has 4 amide bonds. The van der Waals surface area contributed by atoms with Crippen molar-refractivity contribution in [2.45, 2.75) is 64.2 Å². The van der Waals surface area contributed by atoms with E-state index in [2.05, 4.69) is 25.9 Å². The van der Waals surface area contributed by atoms with Crippen LogP contribution in [0.5, 0.6) is 0 Å². The van der Waals surface area contributed by atoms with Gasteiger partial charge in [0.1, 0.15) is 18.1 Å². The largest absolute Gasteiger partial charge is 0.480 e. The Balaban J connectivity index is 2.84. The van der Waals surface area contributed by atoms with Crippen LogP contribution in [0.25, 0.3) is 0 Å². The summed E-state index contributed by atoms with van der Waals surface area (Å²) in [7, 11) is 0. The number of aromatic amines is 1. The Labute approximate surface area is 185 Å². The predicted octanol–water partition coefficient (Wildman–Crippen LogP) is -2.24. The van der Waals surface area contributed by atoms with Gasteiger partial charge in [0.25, 0.3) is 0 Å². The molecular formula is C19H31N7O6. The first-order valence-corrected chi connectivity index (χ1v) is 10.1. The molecule has 0 saturated heterocycles. The van der Waals surface area contributed by atoms with E-state index in [4.69, 9.17) is 11.5 Å². The molecule has 0 spiro atoms. The van der Waals surface area contributed by atoms with Crippen LogP contribution >= 0.6 is 0 Å². The molecule has 9 N–H and O–H groups in total. The number of carboxylic acids is 1. The third-order valence-electron chi connectivity index (χ3n) is 4.63. The van der Waals surface area contributed by atoms with Crippen LogP contribution in [0.4, 0.5) is 0 Å². The number of carbonyl (C=O) groups excluding carboxylic acids is 4. The highest BCUT2D eigenvalue weighted by atomic mass is 16.4. The zero-order valence-corrected chi connectivity index (χ0v) is 18.3. The highest BCUT2D eigenvalue weighted by Crippen LogP contribution is 2.04. The van der Waals surface area contributed by atoms with Crippen molar-refractivity contribution in [2.75, 3.05) is 0 Å². The molecular weight excluding hydrogens is 422 g/mol. The molecule has 13 nitrogen and oxygen atoms in total. The van der Waals surface area contributed by atoms with Gasteiger partial charge in [-0.3, -0.25) is 19.2 Å². The Morgan fingerprint density at radius 1 is 1.06 bits per heavy atom. The third-order valence-corrected chi connectivity index (χ3v) is 4.63. The monoisotopic (exact) mass is 453 g/mol. The van der Waals surface area contributed by atoms with Crippen molar-refractivity contribution in [3.8, 4) is 0 Å². The molecule has 1 aromatic rings. The molecule has 178 valence electrons. The summed E-state index contributed by atoms with van der Waals surface area (Å²) >= 11 is 0. The number of imidazole rings is 1. The van der Waals surface area contributed by atoms with Crippen molar-refractivity contribution < 1.29 is 29.1 Å². The van der Waals surface area contributed by atoms with Crippen molar-refractivity contribution in [1.29, 1.82) is 0 Å². The summed E-state index contributed by atoms with van der Waals surface area (Å²) in [6, 6.07) is -4.38. The van der Waals surface area contributed by atoms with E-state index < -0.39 is 53.8 Å². The van der Waals surface area contributed by atoms with Gasteiger partial charge in [0.15, 0.2) is 0 Å². The molecule has 0 aromatic carbocycles.